The van der Waals surface area contributed by atoms with Crippen molar-refractivity contribution in [1.82, 2.24) is 10.2 Å². The number of rotatable bonds is 10. The minimum absolute atomic E-state index is 0. The van der Waals surface area contributed by atoms with Crippen LogP contribution in [0.1, 0.15) is 32.3 Å². The van der Waals surface area contributed by atoms with Gasteiger partial charge in [-0.2, -0.15) is 8.78 Å². The summed E-state index contributed by atoms with van der Waals surface area (Å²) in [5, 5.41) is 3.25. The van der Waals surface area contributed by atoms with Crippen LogP contribution < -0.4 is 14.8 Å². The van der Waals surface area contributed by atoms with Gasteiger partial charge in [-0.25, -0.2) is 4.99 Å². The molecule has 29 heavy (non-hydrogen) atoms. The quantitative estimate of drug-likeness (QED) is 0.282. The summed E-state index contributed by atoms with van der Waals surface area (Å²) in [4.78, 5) is 6.66. The number of alkyl halides is 2. The molecule has 166 valence electrons. The van der Waals surface area contributed by atoms with Crippen molar-refractivity contribution in [3.05, 3.63) is 23.8 Å². The standard InChI is InChI=1S/C20H31F2N3O3.HI/c1-4-9-27-17-7-6-16(18(11-17)28-19(21)22)12-24-20(23-5-2)25(3)13-15-8-10-26-14-15;/h6-7,11,15,19H,4-5,8-10,12-14H2,1-3H3,(H,23,24);1H. The number of ether oxygens (including phenoxy) is 3. The number of halogens is 3. The van der Waals surface area contributed by atoms with E-state index in [0.29, 0.717) is 30.4 Å². The molecular weight excluding hydrogens is 495 g/mol. The predicted octanol–water partition coefficient (Wildman–Crippen LogP) is 4.13. The Morgan fingerprint density at radius 3 is 2.79 bits per heavy atom. The van der Waals surface area contributed by atoms with E-state index in [2.05, 4.69) is 15.2 Å². The van der Waals surface area contributed by atoms with Crippen molar-refractivity contribution in [1.29, 1.82) is 0 Å². The van der Waals surface area contributed by atoms with Crippen molar-refractivity contribution in [2.45, 2.75) is 39.8 Å². The van der Waals surface area contributed by atoms with E-state index in [1.807, 2.05) is 20.9 Å². The topological polar surface area (TPSA) is 55.3 Å². The highest BCUT2D eigenvalue weighted by Gasteiger charge is 2.19. The fraction of sp³-hybridized carbons (Fsp3) is 0.650. The van der Waals surface area contributed by atoms with Gasteiger partial charge in [0.05, 0.1) is 19.8 Å². The first-order chi connectivity index (χ1) is 13.5. The molecule has 1 aromatic carbocycles. The maximum absolute atomic E-state index is 12.8. The Kier molecular flexibility index (Phi) is 12.2. The fourth-order valence-electron chi connectivity index (χ4n) is 3.01. The zero-order valence-corrected chi connectivity index (χ0v) is 19.7. The van der Waals surface area contributed by atoms with E-state index in [1.54, 1.807) is 12.1 Å². The van der Waals surface area contributed by atoms with Gasteiger partial charge in [-0.05, 0) is 31.9 Å². The van der Waals surface area contributed by atoms with E-state index in [4.69, 9.17) is 14.2 Å². The molecular formula is C20H32F2IN3O3. The first-order valence-corrected chi connectivity index (χ1v) is 9.81. The molecule has 0 saturated carbocycles. The van der Waals surface area contributed by atoms with Gasteiger partial charge in [0.2, 0.25) is 0 Å². The Morgan fingerprint density at radius 2 is 2.17 bits per heavy atom. The van der Waals surface area contributed by atoms with E-state index < -0.39 is 6.61 Å². The molecule has 1 aromatic rings. The number of nitrogens with zero attached hydrogens (tertiary/aromatic N) is 2. The summed E-state index contributed by atoms with van der Waals surface area (Å²) in [6.45, 7) is 4.92. The minimum atomic E-state index is -2.90. The van der Waals surface area contributed by atoms with Gasteiger partial charge in [-0.1, -0.05) is 6.92 Å². The molecule has 1 N–H and O–H groups in total. The number of aliphatic imine (C=N–C) groups is 1. The second-order valence-electron chi connectivity index (χ2n) is 6.78. The third-order valence-corrected chi connectivity index (χ3v) is 4.38. The number of hydrogen-bond donors (Lipinski definition) is 1. The van der Waals surface area contributed by atoms with E-state index in [0.717, 1.165) is 38.6 Å². The summed E-state index contributed by atoms with van der Waals surface area (Å²) in [6.07, 6.45) is 1.87. The van der Waals surface area contributed by atoms with Crippen molar-refractivity contribution < 1.29 is 23.0 Å². The average Bonchev–Trinajstić information content (AvgIpc) is 3.17. The van der Waals surface area contributed by atoms with E-state index in [9.17, 15) is 8.78 Å². The van der Waals surface area contributed by atoms with Crippen LogP contribution >= 0.6 is 24.0 Å². The summed E-state index contributed by atoms with van der Waals surface area (Å²) in [7, 11) is 1.97. The summed E-state index contributed by atoms with van der Waals surface area (Å²) in [5.74, 6) is 1.80. The molecule has 0 amide bonds. The Labute approximate surface area is 189 Å². The molecule has 0 aliphatic carbocycles. The summed E-state index contributed by atoms with van der Waals surface area (Å²) >= 11 is 0. The highest BCUT2D eigenvalue weighted by molar-refractivity contribution is 14.0. The lowest BCUT2D eigenvalue weighted by Gasteiger charge is -2.24. The van der Waals surface area contributed by atoms with Crippen LogP contribution in [-0.4, -0.2) is 57.4 Å². The van der Waals surface area contributed by atoms with Crippen molar-refractivity contribution in [3.63, 3.8) is 0 Å². The molecule has 9 heteroatoms. The third kappa shape index (κ3) is 8.90. The van der Waals surface area contributed by atoms with Crippen molar-refractivity contribution in [3.8, 4) is 11.5 Å². The van der Waals surface area contributed by atoms with Crippen LogP contribution in [0.25, 0.3) is 0 Å². The normalized spacial score (nSPS) is 16.5. The number of guanidine groups is 1. The lowest BCUT2D eigenvalue weighted by molar-refractivity contribution is -0.0505. The second kappa shape index (κ2) is 13.8. The SMILES string of the molecule is CCCOc1ccc(CN=C(NCC)N(C)CC2CCOC2)c(OC(F)F)c1.I. The van der Waals surface area contributed by atoms with Gasteiger partial charge < -0.3 is 24.4 Å². The van der Waals surface area contributed by atoms with Gasteiger partial charge in [0, 0.05) is 44.3 Å². The molecule has 1 aliphatic heterocycles. The average molecular weight is 527 g/mol. The van der Waals surface area contributed by atoms with Crippen LogP contribution in [0.3, 0.4) is 0 Å². The van der Waals surface area contributed by atoms with E-state index >= 15 is 0 Å². The highest BCUT2D eigenvalue weighted by atomic mass is 127. The molecule has 1 heterocycles. The van der Waals surface area contributed by atoms with Gasteiger partial charge >= 0.3 is 6.61 Å². The van der Waals surface area contributed by atoms with Crippen LogP contribution in [-0.2, 0) is 11.3 Å². The van der Waals surface area contributed by atoms with Gasteiger partial charge in [0.15, 0.2) is 5.96 Å². The predicted molar refractivity (Wildman–Crippen MR) is 121 cm³/mol. The number of hydrogen-bond acceptors (Lipinski definition) is 4. The first kappa shape index (κ1) is 25.7. The Morgan fingerprint density at radius 1 is 1.38 bits per heavy atom. The maximum Gasteiger partial charge on any atom is 0.387 e. The molecule has 1 aliphatic rings. The maximum atomic E-state index is 12.8. The van der Waals surface area contributed by atoms with E-state index in [-0.39, 0.29) is 36.3 Å². The van der Waals surface area contributed by atoms with Crippen LogP contribution in [0.4, 0.5) is 8.78 Å². The molecule has 1 unspecified atom stereocenters. The minimum Gasteiger partial charge on any atom is -0.493 e. The van der Waals surface area contributed by atoms with Crippen molar-refractivity contribution in [2.24, 2.45) is 10.9 Å². The molecule has 0 aromatic heterocycles. The van der Waals surface area contributed by atoms with Crippen molar-refractivity contribution in [2.75, 3.05) is 40.0 Å². The van der Waals surface area contributed by atoms with Gasteiger partial charge in [-0.15, -0.1) is 24.0 Å². The second-order valence-corrected chi connectivity index (χ2v) is 6.78. The molecule has 2 rings (SSSR count). The van der Waals surface area contributed by atoms with Crippen LogP contribution in [0.15, 0.2) is 23.2 Å². The highest BCUT2D eigenvalue weighted by Crippen LogP contribution is 2.27. The smallest absolute Gasteiger partial charge is 0.387 e. The molecule has 0 bridgehead atoms. The Balaban J connectivity index is 0.00000420. The van der Waals surface area contributed by atoms with Crippen LogP contribution in [0.5, 0.6) is 11.5 Å². The monoisotopic (exact) mass is 527 g/mol. The summed E-state index contributed by atoms with van der Waals surface area (Å²) < 4.78 is 41.3. The molecule has 0 spiro atoms. The summed E-state index contributed by atoms with van der Waals surface area (Å²) in [6, 6.07) is 4.98. The Bertz CT molecular complexity index is 629. The Hall–Kier alpha value is -1.36. The number of benzene rings is 1. The largest absolute Gasteiger partial charge is 0.493 e. The zero-order chi connectivity index (χ0) is 20.4. The third-order valence-electron chi connectivity index (χ3n) is 4.38. The molecule has 1 saturated heterocycles. The van der Waals surface area contributed by atoms with Crippen LogP contribution in [0.2, 0.25) is 0 Å². The van der Waals surface area contributed by atoms with Gasteiger partial charge in [0.25, 0.3) is 0 Å². The van der Waals surface area contributed by atoms with Gasteiger partial charge in [0.1, 0.15) is 11.5 Å². The lowest BCUT2D eigenvalue weighted by Crippen LogP contribution is -2.41. The lowest BCUT2D eigenvalue weighted by atomic mass is 10.1. The summed E-state index contributed by atoms with van der Waals surface area (Å²) in [5.41, 5.74) is 0.581. The van der Waals surface area contributed by atoms with Gasteiger partial charge in [-0.3, -0.25) is 0 Å². The first-order valence-electron chi connectivity index (χ1n) is 9.81. The van der Waals surface area contributed by atoms with Crippen LogP contribution in [0, 0.1) is 5.92 Å². The zero-order valence-electron chi connectivity index (χ0n) is 17.3. The molecule has 0 radical (unpaired) electrons. The van der Waals surface area contributed by atoms with Crippen molar-refractivity contribution >= 4 is 29.9 Å². The fourth-order valence-corrected chi connectivity index (χ4v) is 3.01. The van der Waals surface area contributed by atoms with E-state index in [1.165, 1.54) is 6.07 Å². The number of nitrogens with one attached hydrogen (secondary N) is 1. The molecule has 6 nitrogen and oxygen atoms in total. The molecule has 1 atom stereocenters. The molecule has 1 fully saturated rings.